The molecule has 0 aliphatic rings. The lowest BCUT2D eigenvalue weighted by atomic mass is 10.1. The van der Waals surface area contributed by atoms with Crippen LogP contribution in [-0.4, -0.2) is 36.2 Å². The summed E-state index contributed by atoms with van der Waals surface area (Å²) in [5.74, 6) is 1.56. The maximum absolute atomic E-state index is 12.5. The average molecular weight is 407 g/mol. The fraction of sp³-hybridized carbons (Fsp3) is 0.261. The molecule has 156 valence electrons. The zero-order chi connectivity index (χ0) is 21.5. The van der Waals surface area contributed by atoms with Crippen molar-refractivity contribution in [2.24, 2.45) is 0 Å². The third-order valence-electron chi connectivity index (χ3n) is 4.75. The van der Waals surface area contributed by atoms with Gasteiger partial charge in [0.05, 0.1) is 19.9 Å². The molecule has 30 heavy (non-hydrogen) atoms. The summed E-state index contributed by atoms with van der Waals surface area (Å²) in [6, 6.07) is 16.6. The van der Waals surface area contributed by atoms with Gasteiger partial charge in [0, 0.05) is 18.2 Å². The number of rotatable bonds is 8. The molecule has 1 heterocycles. The predicted molar refractivity (Wildman–Crippen MR) is 115 cm³/mol. The van der Waals surface area contributed by atoms with Crippen molar-refractivity contribution in [2.45, 2.75) is 19.9 Å². The SMILES string of the molecule is COc1ccc(CCNC(=O)Cn2c(C)nc(-c3ccccc3)cc2=O)cc1OC. The molecule has 0 aliphatic carbocycles. The Kier molecular flexibility index (Phi) is 6.85. The fourth-order valence-corrected chi connectivity index (χ4v) is 3.15. The van der Waals surface area contributed by atoms with Gasteiger partial charge >= 0.3 is 0 Å². The van der Waals surface area contributed by atoms with Crippen molar-refractivity contribution in [3.05, 3.63) is 76.3 Å². The van der Waals surface area contributed by atoms with Crippen LogP contribution in [0.4, 0.5) is 0 Å². The van der Waals surface area contributed by atoms with Gasteiger partial charge in [-0.1, -0.05) is 36.4 Å². The predicted octanol–water partition coefficient (Wildman–Crippen LogP) is 2.59. The van der Waals surface area contributed by atoms with Crippen LogP contribution >= 0.6 is 0 Å². The van der Waals surface area contributed by atoms with E-state index in [-0.39, 0.29) is 18.0 Å². The lowest BCUT2D eigenvalue weighted by Gasteiger charge is -2.12. The summed E-state index contributed by atoms with van der Waals surface area (Å²) in [6.07, 6.45) is 0.630. The van der Waals surface area contributed by atoms with E-state index < -0.39 is 0 Å². The summed E-state index contributed by atoms with van der Waals surface area (Å²) in [6.45, 7) is 2.10. The molecule has 0 unspecified atom stereocenters. The minimum Gasteiger partial charge on any atom is -0.493 e. The van der Waals surface area contributed by atoms with Crippen LogP contribution in [0.5, 0.6) is 11.5 Å². The minimum absolute atomic E-state index is 0.0708. The molecular formula is C23H25N3O4. The first-order chi connectivity index (χ1) is 14.5. The van der Waals surface area contributed by atoms with Crippen LogP contribution < -0.4 is 20.3 Å². The van der Waals surface area contributed by atoms with Gasteiger partial charge in [0.25, 0.3) is 5.56 Å². The normalized spacial score (nSPS) is 10.5. The van der Waals surface area contributed by atoms with Crippen LogP contribution in [0.1, 0.15) is 11.4 Å². The molecule has 7 heteroatoms. The van der Waals surface area contributed by atoms with E-state index >= 15 is 0 Å². The number of hydrogen-bond acceptors (Lipinski definition) is 5. The van der Waals surface area contributed by atoms with E-state index in [1.165, 1.54) is 10.6 Å². The molecule has 1 amide bonds. The maximum atomic E-state index is 12.5. The van der Waals surface area contributed by atoms with E-state index in [1.807, 2.05) is 48.5 Å². The Hall–Kier alpha value is -3.61. The zero-order valence-electron chi connectivity index (χ0n) is 17.3. The number of carbonyl (C=O) groups excluding carboxylic acids is 1. The van der Waals surface area contributed by atoms with Gasteiger partial charge in [-0.3, -0.25) is 14.2 Å². The van der Waals surface area contributed by atoms with Crippen LogP contribution in [-0.2, 0) is 17.8 Å². The van der Waals surface area contributed by atoms with Gasteiger partial charge in [-0.25, -0.2) is 4.98 Å². The topological polar surface area (TPSA) is 82.5 Å². The van der Waals surface area contributed by atoms with E-state index in [1.54, 1.807) is 21.1 Å². The second kappa shape index (κ2) is 9.73. The van der Waals surface area contributed by atoms with Crippen molar-refractivity contribution in [3.8, 4) is 22.8 Å². The summed E-state index contributed by atoms with van der Waals surface area (Å²) < 4.78 is 11.9. The maximum Gasteiger partial charge on any atom is 0.254 e. The van der Waals surface area contributed by atoms with Crippen LogP contribution in [0.15, 0.2) is 59.4 Å². The summed E-state index contributed by atoms with van der Waals surface area (Å²) in [5, 5.41) is 2.85. The Morgan fingerprint density at radius 1 is 1.03 bits per heavy atom. The van der Waals surface area contributed by atoms with Gasteiger partial charge in [0.2, 0.25) is 5.91 Å². The number of nitrogens with one attached hydrogen (secondary N) is 1. The third kappa shape index (κ3) is 5.05. The van der Waals surface area contributed by atoms with Crippen molar-refractivity contribution in [2.75, 3.05) is 20.8 Å². The van der Waals surface area contributed by atoms with Crippen molar-refractivity contribution >= 4 is 5.91 Å². The van der Waals surface area contributed by atoms with Gasteiger partial charge in [0.1, 0.15) is 12.4 Å². The summed E-state index contributed by atoms with van der Waals surface area (Å²) in [7, 11) is 3.17. The molecule has 1 aromatic heterocycles. The number of benzene rings is 2. The standard InChI is InChI=1S/C23H25N3O4/c1-16-25-19(18-7-5-4-6-8-18)14-23(28)26(16)15-22(27)24-12-11-17-9-10-20(29-2)21(13-17)30-3/h4-10,13-14H,11-12,15H2,1-3H3,(H,24,27). The number of methoxy groups -OCH3 is 2. The number of ether oxygens (including phenoxy) is 2. The van der Waals surface area contributed by atoms with E-state index in [9.17, 15) is 9.59 Å². The molecule has 0 spiro atoms. The Morgan fingerprint density at radius 3 is 2.43 bits per heavy atom. The number of amides is 1. The lowest BCUT2D eigenvalue weighted by Crippen LogP contribution is -2.34. The highest BCUT2D eigenvalue weighted by Gasteiger charge is 2.11. The van der Waals surface area contributed by atoms with Crippen molar-refractivity contribution in [1.29, 1.82) is 0 Å². The Balaban J connectivity index is 1.61. The first-order valence-corrected chi connectivity index (χ1v) is 9.63. The average Bonchev–Trinajstić information content (AvgIpc) is 2.76. The summed E-state index contributed by atoms with van der Waals surface area (Å²) >= 11 is 0. The number of aryl methyl sites for hydroxylation is 1. The van der Waals surface area contributed by atoms with Crippen LogP contribution in [0.25, 0.3) is 11.3 Å². The molecular weight excluding hydrogens is 382 g/mol. The van der Waals surface area contributed by atoms with Crippen LogP contribution in [0.2, 0.25) is 0 Å². The number of carbonyl (C=O) groups is 1. The first-order valence-electron chi connectivity index (χ1n) is 9.63. The highest BCUT2D eigenvalue weighted by Crippen LogP contribution is 2.27. The summed E-state index contributed by atoms with van der Waals surface area (Å²) in [4.78, 5) is 29.3. The van der Waals surface area contributed by atoms with Crippen LogP contribution in [0.3, 0.4) is 0 Å². The monoisotopic (exact) mass is 407 g/mol. The molecule has 7 nitrogen and oxygen atoms in total. The second-order valence-corrected chi connectivity index (χ2v) is 6.77. The molecule has 0 radical (unpaired) electrons. The molecule has 0 atom stereocenters. The van der Waals surface area contributed by atoms with Crippen molar-refractivity contribution in [3.63, 3.8) is 0 Å². The summed E-state index contributed by atoms with van der Waals surface area (Å²) in [5.41, 5.74) is 2.22. The molecule has 0 bridgehead atoms. The van der Waals surface area contributed by atoms with Crippen molar-refractivity contribution in [1.82, 2.24) is 14.9 Å². The molecule has 0 saturated heterocycles. The van der Waals surface area contributed by atoms with Crippen LogP contribution in [0, 0.1) is 6.92 Å². The Labute approximate surface area is 175 Å². The molecule has 1 N–H and O–H groups in total. The molecule has 3 aromatic rings. The number of hydrogen-bond donors (Lipinski definition) is 1. The highest BCUT2D eigenvalue weighted by atomic mass is 16.5. The van der Waals surface area contributed by atoms with E-state index in [0.29, 0.717) is 36.0 Å². The lowest BCUT2D eigenvalue weighted by molar-refractivity contribution is -0.121. The quantitative estimate of drug-likeness (QED) is 0.621. The number of aromatic nitrogens is 2. The highest BCUT2D eigenvalue weighted by molar-refractivity contribution is 5.75. The third-order valence-corrected chi connectivity index (χ3v) is 4.75. The molecule has 0 aliphatic heterocycles. The van der Waals surface area contributed by atoms with E-state index in [4.69, 9.17) is 9.47 Å². The van der Waals surface area contributed by atoms with E-state index in [0.717, 1.165) is 11.1 Å². The molecule has 2 aromatic carbocycles. The number of nitrogens with zero attached hydrogens (tertiary/aromatic N) is 2. The molecule has 3 rings (SSSR count). The zero-order valence-corrected chi connectivity index (χ0v) is 17.3. The first kappa shape index (κ1) is 21.1. The Morgan fingerprint density at radius 2 is 1.77 bits per heavy atom. The second-order valence-electron chi connectivity index (χ2n) is 6.77. The van der Waals surface area contributed by atoms with Gasteiger partial charge < -0.3 is 14.8 Å². The minimum atomic E-state index is -0.253. The van der Waals surface area contributed by atoms with E-state index in [2.05, 4.69) is 10.3 Å². The largest absolute Gasteiger partial charge is 0.493 e. The molecule has 0 fully saturated rings. The fourth-order valence-electron chi connectivity index (χ4n) is 3.15. The van der Waals surface area contributed by atoms with Gasteiger partial charge in [0.15, 0.2) is 11.5 Å². The smallest absolute Gasteiger partial charge is 0.254 e. The molecule has 0 saturated carbocycles. The van der Waals surface area contributed by atoms with Gasteiger partial charge in [-0.15, -0.1) is 0 Å². The van der Waals surface area contributed by atoms with Gasteiger partial charge in [-0.2, -0.15) is 0 Å². The Bertz CT molecular complexity index is 1080. The van der Waals surface area contributed by atoms with Gasteiger partial charge in [-0.05, 0) is 31.0 Å². The van der Waals surface area contributed by atoms with Crippen molar-refractivity contribution < 1.29 is 14.3 Å².